The van der Waals surface area contributed by atoms with Crippen molar-refractivity contribution in [2.45, 2.75) is 70.7 Å². The SMILES string of the molecule is CCOC(=O)N1CCC(N2CCCn3nc([C@@H](O)C4CCC4)cc3C2)CC1. The van der Waals surface area contributed by atoms with Gasteiger partial charge in [0.05, 0.1) is 18.0 Å². The predicted molar refractivity (Wildman–Crippen MR) is 101 cm³/mol. The second kappa shape index (κ2) is 8.19. The molecule has 0 radical (unpaired) electrons. The van der Waals surface area contributed by atoms with E-state index >= 15 is 0 Å². The van der Waals surface area contributed by atoms with Gasteiger partial charge in [-0.05, 0) is 51.0 Å². The van der Waals surface area contributed by atoms with Gasteiger partial charge in [0.2, 0.25) is 0 Å². The van der Waals surface area contributed by atoms with Crippen molar-refractivity contribution in [2.24, 2.45) is 5.92 Å². The van der Waals surface area contributed by atoms with E-state index in [2.05, 4.69) is 15.6 Å². The van der Waals surface area contributed by atoms with Crippen LogP contribution in [0.5, 0.6) is 0 Å². The zero-order valence-corrected chi connectivity index (χ0v) is 16.3. The van der Waals surface area contributed by atoms with Gasteiger partial charge in [-0.15, -0.1) is 0 Å². The molecule has 3 heterocycles. The van der Waals surface area contributed by atoms with Gasteiger partial charge in [-0.25, -0.2) is 4.79 Å². The normalized spacial score (nSPS) is 23.4. The Labute approximate surface area is 161 Å². The van der Waals surface area contributed by atoms with Gasteiger partial charge in [-0.1, -0.05) is 6.42 Å². The fourth-order valence-corrected chi connectivity index (χ4v) is 4.59. The lowest BCUT2D eigenvalue weighted by molar-refractivity contribution is 0.0580. The number of carbonyl (C=O) groups is 1. The maximum absolute atomic E-state index is 11.9. The minimum atomic E-state index is -0.403. The molecule has 1 saturated carbocycles. The largest absolute Gasteiger partial charge is 0.450 e. The van der Waals surface area contributed by atoms with Crippen molar-refractivity contribution < 1.29 is 14.6 Å². The number of likely N-dealkylation sites (tertiary alicyclic amines) is 1. The molecule has 4 rings (SSSR count). The van der Waals surface area contributed by atoms with Gasteiger partial charge in [0.1, 0.15) is 6.10 Å². The van der Waals surface area contributed by atoms with E-state index in [-0.39, 0.29) is 6.09 Å². The van der Waals surface area contributed by atoms with E-state index in [4.69, 9.17) is 9.84 Å². The van der Waals surface area contributed by atoms with Gasteiger partial charge in [0, 0.05) is 38.8 Å². The van der Waals surface area contributed by atoms with Crippen LogP contribution in [0.1, 0.15) is 62.9 Å². The van der Waals surface area contributed by atoms with Crippen LogP contribution in [0.3, 0.4) is 0 Å². The first-order chi connectivity index (χ1) is 13.2. The maximum Gasteiger partial charge on any atom is 0.409 e. The number of ether oxygens (including phenoxy) is 1. The first kappa shape index (κ1) is 18.7. The molecule has 7 nitrogen and oxygen atoms in total. The molecule has 1 atom stereocenters. The van der Waals surface area contributed by atoms with Crippen molar-refractivity contribution in [3.05, 3.63) is 17.5 Å². The number of aromatic nitrogens is 2. The van der Waals surface area contributed by atoms with E-state index in [1.807, 2.05) is 11.8 Å². The van der Waals surface area contributed by atoms with E-state index in [9.17, 15) is 9.90 Å². The molecule has 0 aromatic carbocycles. The topological polar surface area (TPSA) is 70.8 Å². The fourth-order valence-electron chi connectivity index (χ4n) is 4.59. The van der Waals surface area contributed by atoms with Crippen LogP contribution in [0.15, 0.2) is 6.07 Å². The van der Waals surface area contributed by atoms with E-state index in [0.717, 1.165) is 70.5 Å². The molecule has 1 saturated heterocycles. The Morgan fingerprint density at radius 2 is 2.00 bits per heavy atom. The summed E-state index contributed by atoms with van der Waals surface area (Å²) in [7, 11) is 0. The van der Waals surface area contributed by atoms with Crippen LogP contribution in [-0.4, -0.2) is 63.1 Å². The number of aryl methyl sites for hydroxylation is 1. The summed E-state index contributed by atoms with van der Waals surface area (Å²) in [5.41, 5.74) is 2.07. The molecule has 0 unspecified atom stereocenters. The molecule has 0 spiro atoms. The number of hydrogen-bond donors (Lipinski definition) is 1. The van der Waals surface area contributed by atoms with Gasteiger partial charge in [-0.2, -0.15) is 5.10 Å². The first-order valence-electron chi connectivity index (χ1n) is 10.6. The Morgan fingerprint density at radius 3 is 2.67 bits per heavy atom. The lowest BCUT2D eigenvalue weighted by atomic mass is 9.80. The van der Waals surface area contributed by atoms with Crippen molar-refractivity contribution in [1.82, 2.24) is 19.6 Å². The average molecular weight is 377 g/mol. The lowest BCUT2D eigenvalue weighted by Crippen LogP contribution is -2.46. The minimum absolute atomic E-state index is 0.181. The van der Waals surface area contributed by atoms with Crippen LogP contribution in [0, 0.1) is 5.92 Å². The second-order valence-electron chi connectivity index (χ2n) is 8.16. The summed E-state index contributed by atoms with van der Waals surface area (Å²) < 4.78 is 7.23. The summed E-state index contributed by atoms with van der Waals surface area (Å²) in [6.07, 6.45) is 5.94. The molecule has 1 N–H and O–H groups in total. The minimum Gasteiger partial charge on any atom is -0.450 e. The van der Waals surface area contributed by atoms with E-state index in [1.165, 1.54) is 12.1 Å². The number of carbonyl (C=O) groups excluding carboxylic acids is 1. The van der Waals surface area contributed by atoms with E-state index in [1.54, 1.807) is 0 Å². The zero-order chi connectivity index (χ0) is 18.8. The quantitative estimate of drug-likeness (QED) is 0.874. The number of rotatable bonds is 4. The Bertz CT molecular complexity index is 650. The van der Waals surface area contributed by atoms with Crippen molar-refractivity contribution in [3.63, 3.8) is 0 Å². The summed E-state index contributed by atoms with van der Waals surface area (Å²) in [4.78, 5) is 16.3. The molecule has 1 aromatic heterocycles. The first-order valence-corrected chi connectivity index (χ1v) is 10.6. The molecular weight excluding hydrogens is 344 g/mol. The number of amides is 1. The van der Waals surface area contributed by atoms with Crippen LogP contribution in [0.2, 0.25) is 0 Å². The van der Waals surface area contributed by atoms with E-state index in [0.29, 0.717) is 18.6 Å². The molecule has 3 aliphatic rings. The summed E-state index contributed by atoms with van der Waals surface area (Å²) in [5.74, 6) is 0.396. The summed E-state index contributed by atoms with van der Waals surface area (Å²) in [6.45, 7) is 6.69. The van der Waals surface area contributed by atoms with Crippen LogP contribution < -0.4 is 0 Å². The zero-order valence-electron chi connectivity index (χ0n) is 16.3. The summed E-state index contributed by atoms with van der Waals surface area (Å²) >= 11 is 0. The van der Waals surface area contributed by atoms with Crippen LogP contribution in [0.25, 0.3) is 0 Å². The summed E-state index contributed by atoms with van der Waals surface area (Å²) in [5, 5.41) is 15.3. The number of hydrogen-bond acceptors (Lipinski definition) is 5. The number of piperidine rings is 1. The third-order valence-electron chi connectivity index (χ3n) is 6.47. The molecule has 1 aliphatic carbocycles. The van der Waals surface area contributed by atoms with Crippen LogP contribution >= 0.6 is 0 Å². The number of aliphatic hydroxyl groups is 1. The highest BCUT2D eigenvalue weighted by Crippen LogP contribution is 2.37. The van der Waals surface area contributed by atoms with Gasteiger partial charge >= 0.3 is 6.09 Å². The van der Waals surface area contributed by atoms with Crippen molar-refractivity contribution in [1.29, 1.82) is 0 Å². The third-order valence-corrected chi connectivity index (χ3v) is 6.47. The predicted octanol–water partition coefficient (Wildman–Crippen LogP) is 2.54. The highest BCUT2D eigenvalue weighted by Gasteiger charge is 2.32. The smallest absolute Gasteiger partial charge is 0.409 e. The van der Waals surface area contributed by atoms with Crippen molar-refractivity contribution in [2.75, 3.05) is 26.2 Å². The van der Waals surface area contributed by atoms with Gasteiger partial charge in [0.15, 0.2) is 0 Å². The molecule has 2 aliphatic heterocycles. The molecule has 2 fully saturated rings. The highest BCUT2D eigenvalue weighted by atomic mass is 16.6. The number of nitrogens with zero attached hydrogens (tertiary/aromatic N) is 4. The molecule has 150 valence electrons. The van der Waals surface area contributed by atoms with Gasteiger partial charge < -0.3 is 14.7 Å². The molecule has 27 heavy (non-hydrogen) atoms. The molecule has 0 bridgehead atoms. The molecule has 1 amide bonds. The second-order valence-corrected chi connectivity index (χ2v) is 8.16. The monoisotopic (exact) mass is 376 g/mol. The number of aliphatic hydroxyl groups excluding tert-OH is 1. The van der Waals surface area contributed by atoms with Crippen LogP contribution in [-0.2, 0) is 17.8 Å². The highest BCUT2D eigenvalue weighted by molar-refractivity contribution is 5.67. The Kier molecular flexibility index (Phi) is 5.68. The standard InChI is InChI=1S/C20H32N4O3/c1-2-27-20(26)22-11-7-16(8-12-22)23-9-4-10-24-17(14-23)13-18(21-24)19(25)15-5-3-6-15/h13,15-16,19,25H,2-12,14H2,1H3/t19-/m0/s1. The van der Waals surface area contributed by atoms with Gasteiger partial charge in [0.25, 0.3) is 0 Å². The Hall–Kier alpha value is -1.60. The third kappa shape index (κ3) is 3.99. The Balaban J connectivity index is 1.37. The van der Waals surface area contributed by atoms with E-state index < -0.39 is 6.10 Å². The lowest BCUT2D eigenvalue weighted by Gasteiger charge is -2.37. The van der Waals surface area contributed by atoms with Crippen LogP contribution in [0.4, 0.5) is 4.79 Å². The fraction of sp³-hybridized carbons (Fsp3) is 0.800. The maximum atomic E-state index is 11.9. The molecule has 7 heteroatoms. The Morgan fingerprint density at radius 1 is 1.22 bits per heavy atom. The molecular formula is C20H32N4O3. The van der Waals surface area contributed by atoms with Gasteiger partial charge in [-0.3, -0.25) is 9.58 Å². The summed E-state index contributed by atoms with van der Waals surface area (Å²) in [6, 6.07) is 2.62. The molecule has 1 aromatic rings. The average Bonchev–Trinajstić information content (AvgIpc) is 2.92. The van der Waals surface area contributed by atoms with Crippen molar-refractivity contribution in [3.8, 4) is 0 Å². The number of fused-ring (bicyclic) bond motifs is 1. The van der Waals surface area contributed by atoms with Crippen molar-refractivity contribution >= 4 is 6.09 Å².